The number of nitrogens with one attached hydrogen (secondary N) is 1. The van der Waals surface area contributed by atoms with Gasteiger partial charge >= 0.3 is 6.18 Å². The fourth-order valence-corrected chi connectivity index (χ4v) is 1.17. The van der Waals surface area contributed by atoms with Crippen LogP contribution in [-0.4, -0.2) is 4.98 Å². The van der Waals surface area contributed by atoms with E-state index in [-0.39, 0.29) is 6.07 Å². The Bertz CT molecular complexity index is 437. The predicted octanol–water partition coefficient (Wildman–Crippen LogP) is 1.79. The molecule has 0 saturated heterocycles. The Labute approximate surface area is 86.1 Å². The Morgan fingerprint density at radius 1 is 1.38 bits per heavy atom. The average Bonchev–Trinajstić information content (AvgIpc) is 2.14. The lowest BCUT2D eigenvalue weighted by Crippen LogP contribution is -2.24. The molecule has 0 unspecified atom stereocenters. The fourth-order valence-electron chi connectivity index (χ4n) is 1.17. The quantitative estimate of drug-likeness (QED) is 0.777. The second kappa shape index (κ2) is 4.20. The summed E-state index contributed by atoms with van der Waals surface area (Å²) in [5, 5.41) is 0. The summed E-state index contributed by atoms with van der Waals surface area (Å²) < 4.78 is 61.4. The molecule has 90 valence electrons. The van der Waals surface area contributed by atoms with E-state index >= 15 is 0 Å². The van der Waals surface area contributed by atoms with Crippen LogP contribution in [0.5, 0.6) is 0 Å². The first-order valence-corrected chi connectivity index (χ1v) is 4.09. The van der Waals surface area contributed by atoms with Gasteiger partial charge in [0.15, 0.2) is 0 Å². The maximum Gasteiger partial charge on any atom is 0.431 e. The third-order valence-corrected chi connectivity index (χ3v) is 1.92. The van der Waals surface area contributed by atoms with E-state index in [0.29, 0.717) is 0 Å². The van der Waals surface area contributed by atoms with Crippen LogP contribution in [0, 0.1) is 0 Å². The van der Waals surface area contributed by atoms with Gasteiger partial charge in [-0.05, 0) is 6.07 Å². The van der Waals surface area contributed by atoms with Crippen molar-refractivity contribution < 1.29 is 22.0 Å². The molecule has 1 rings (SSSR count). The van der Waals surface area contributed by atoms with Crippen molar-refractivity contribution >= 4 is 0 Å². The number of nitrogens with two attached hydrogens (primary N) is 1. The number of H-pyrrole nitrogens is 1. The first kappa shape index (κ1) is 12.6. The van der Waals surface area contributed by atoms with E-state index in [9.17, 15) is 26.7 Å². The summed E-state index contributed by atoms with van der Waals surface area (Å²) in [6, 6.07) is 0.203. The highest BCUT2D eigenvalue weighted by Gasteiger charge is 2.33. The van der Waals surface area contributed by atoms with Crippen molar-refractivity contribution in [3.05, 3.63) is 33.2 Å². The zero-order valence-electron chi connectivity index (χ0n) is 7.74. The maximum atomic E-state index is 12.4. The van der Waals surface area contributed by atoms with Crippen LogP contribution in [0.1, 0.15) is 23.2 Å². The molecule has 0 aliphatic heterocycles. The SMILES string of the molecule is NCc1c(C(F)F)cc(C(F)(F)F)[nH]c1=O. The highest BCUT2D eigenvalue weighted by molar-refractivity contribution is 5.28. The molecule has 1 aromatic heterocycles. The topological polar surface area (TPSA) is 58.9 Å². The summed E-state index contributed by atoms with van der Waals surface area (Å²) in [7, 11) is 0. The largest absolute Gasteiger partial charge is 0.431 e. The zero-order chi connectivity index (χ0) is 12.5. The molecule has 0 spiro atoms. The van der Waals surface area contributed by atoms with E-state index in [4.69, 9.17) is 5.73 Å². The van der Waals surface area contributed by atoms with E-state index < -0.39 is 41.5 Å². The number of halogens is 5. The van der Waals surface area contributed by atoms with Gasteiger partial charge in [-0.2, -0.15) is 13.2 Å². The molecule has 3 N–H and O–H groups in total. The van der Waals surface area contributed by atoms with Crippen LogP contribution < -0.4 is 11.3 Å². The highest BCUT2D eigenvalue weighted by atomic mass is 19.4. The summed E-state index contributed by atoms with van der Waals surface area (Å²) in [6.45, 7) is -0.548. The number of pyridine rings is 1. The Morgan fingerprint density at radius 2 is 1.94 bits per heavy atom. The zero-order valence-corrected chi connectivity index (χ0v) is 7.74. The van der Waals surface area contributed by atoms with E-state index in [1.807, 2.05) is 0 Å². The molecule has 1 aromatic rings. The van der Waals surface area contributed by atoms with Crippen molar-refractivity contribution in [3.8, 4) is 0 Å². The molecule has 0 aromatic carbocycles. The van der Waals surface area contributed by atoms with E-state index in [0.717, 1.165) is 0 Å². The standard InChI is InChI=1S/C8H7F5N2O/c9-6(10)3-1-5(8(11,12)13)15-7(16)4(3)2-14/h1,6H,2,14H2,(H,15,16). The molecule has 3 nitrogen and oxygen atoms in total. The van der Waals surface area contributed by atoms with E-state index in [1.54, 1.807) is 0 Å². The van der Waals surface area contributed by atoms with Gasteiger partial charge in [-0.3, -0.25) is 4.79 Å². The Morgan fingerprint density at radius 3 is 2.31 bits per heavy atom. The summed E-state index contributed by atoms with van der Waals surface area (Å²) in [5.41, 5.74) is 0.735. The van der Waals surface area contributed by atoms with Crippen molar-refractivity contribution in [3.63, 3.8) is 0 Å². The van der Waals surface area contributed by atoms with Gasteiger partial charge < -0.3 is 10.7 Å². The minimum Gasteiger partial charge on any atom is -0.326 e. The molecular formula is C8H7F5N2O. The molecule has 0 bridgehead atoms. The third kappa shape index (κ3) is 2.38. The Kier molecular flexibility index (Phi) is 3.32. The molecule has 0 radical (unpaired) electrons. The van der Waals surface area contributed by atoms with Crippen molar-refractivity contribution in [2.45, 2.75) is 19.1 Å². The fraction of sp³-hybridized carbons (Fsp3) is 0.375. The monoisotopic (exact) mass is 242 g/mol. The molecular weight excluding hydrogens is 235 g/mol. The summed E-state index contributed by atoms with van der Waals surface area (Å²) in [6.07, 6.45) is -8.06. The number of aromatic nitrogens is 1. The normalized spacial score (nSPS) is 12.2. The van der Waals surface area contributed by atoms with Crippen molar-refractivity contribution in [1.82, 2.24) is 4.98 Å². The molecule has 16 heavy (non-hydrogen) atoms. The van der Waals surface area contributed by atoms with E-state index in [2.05, 4.69) is 0 Å². The summed E-state index contributed by atoms with van der Waals surface area (Å²) in [4.78, 5) is 12.5. The molecule has 0 amide bonds. The van der Waals surface area contributed by atoms with Gasteiger partial charge in [0, 0.05) is 17.7 Å². The van der Waals surface area contributed by atoms with Gasteiger partial charge in [-0.15, -0.1) is 0 Å². The lowest BCUT2D eigenvalue weighted by atomic mass is 10.1. The van der Waals surface area contributed by atoms with Crippen molar-refractivity contribution in [1.29, 1.82) is 0 Å². The first-order valence-electron chi connectivity index (χ1n) is 4.09. The van der Waals surface area contributed by atoms with Crippen LogP contribution in [0.25, 0.3) is 0 Å². The lowest BCUT2D eigenvalue weighted by Gasteiger charge is -2.11. The number of hydrogen-bond acceptors (Lipinski definition) is 2. The van der Waals surface area contributed by atoms with Crippen molar-refractivity contribution in [2.75, 3.05) is 0 Å². The predicted molar refractivity (Wildman–Crippen MR) is 44.9 cm³/mol. The molecule has 0 aliphatic carbocycles. The highest BCUT2D eigenvalue weighted by Crippen LogP contribution is 2.30. The van der Waals surface area contributed by atoms with Crippen LogP contribution in [0.2, 0.25) is 0 Å². The van der Waals surface area contributed by atoms with Gasteiger partial charge in [0.2, 0.25) is 0 Å². The third-order valence-electron chi connectivity index (χ3n) is 1.92. The first-order chi connectivity index (χ1) is 7.27. The minimum absolute atomic E-state index is 0.203. The molecule has 8 heteroatoms. The molecule has 0 aliphatic rings. The van der Waals surface area contributed by atoms with Gasteiger partial charge in [-0.25, -0.2) is 8.78 Å². The van der Waals surface area contributed by atoms with Crippen LogP contribution >= 0.6 is 0 Å². The van der Waals surface area contributed by atoms with Gasteiger partial charge in [0.1, 0.15) is 5.69 Å². The molecule has 0 atom stereocenters. The van der Waals surface area contributed by atoms with Crippen LogP contribution in [-0.2, 0) is 12.7 Å². The lowest BCUT2D eigenvalue weighted by molar-refractivity contribution is -0.141. The number of rotatable bonds is 2. The Balaban J connectivity index is 3.46. The van der Waals surface area contributed by atoms with Crippen LogP contribution in [0.4, 0.5) is 22.0 Å². The number of alkyl halides is 5. The number of hydrogen-bond donors (Lipinski definition) is 2. The number of aromatic amines is 1. The van der Waals surface area contributed by atoms with Crippen LogP contribution in [0.3, 0.4) is 0 Å². The summed E-state index contributed by atoms with van der Waals surface area (Å²) >= 11 is 0. The smallest absolute Gasteiger partial charge is 0.326 e. The van der Waals surface area contributed by atoms with Gasteiger partial charge in [0.25, 0.3) is 12.0 Å². The van der Waals surface area contributed by atoms with Gasteiger partial charge in [-0.1, -0.05) is 0 Å². The molecule has 0 fully saturated rings. The average molecular weight is 242 g/mol. The molecule has 0 saturated carbocycles. The minimum atomic E-state index is -4.88. The van der Waals surface area contributed by atoms with E-state index in [1.165, 1.54) is 4.98 Å². The van der Waals surface area contributed by atoms with Crippen LogP contribution in [0.15, 0.2) is 10.9 Å². The molecule has 1 heterocycles. The Hall–Kier alpha value is -1.44. The second-order valence-electron chi connectivity index (χ2n) is 2.95. The van der Waals surface area contributed by atoms with Crippen molar-refractivity contribution in [2.24, 2.45) is 5.73 Å². The van der Waals surface area contributed by atoms with Gasteiger partial charge in [0.05, 0.1) is 0 Å². The second-order valence-corrected chi connectivity index (χ2v) is 2.95. The maximum absolute atomic E-state index is 12.4. The summed E-state index contributed by atoms with van der Waals surface area (Å²) in [5.74, 6) is 0.